The standard InChI is InChI=1S/C15H16FIN4/c1-2-18-13-8-14(21-15(20-13)9-3-4-9)19-12-6-5-10(16)7-11(12)17/h5-9H,2-4H2,1H3,(H2,18,19,20,21). The molecule has 0 amide bonds. The van der Waals surface area contributed by atoms with Crippen LogP contribution < -0.4 is 10.6 Å². The molecule has 4 nitrogen and oxygen atoms in total. The number of anilines is 3. The fraction of sp³-hybridized carbons (Fsp3) is 0.333. The van der Waals surface area contributed by atoms with Gasteiger partial charge < -0.3 is 10.6 Å². The highest BCUT2D eigenvalue weighted by Gasteiger charge is 2.27. The molecule has 0 spiro atoms. The van der Waals surface area contributed by atoms with E-state index in [9.17, 15) is 4.39 Å². The minimum absolute atomic E-state index is 0.236. The zero-order chi connectivity index (χ0) is 14.8. The number of halogens is 2. The van der Waals surface area contributed by atoms with Gasteiger partial charge in [-0.15, -0.1) is 0 Å². The normalized spacial score (nSPS) is 14.0. The number of nitrogens with one attached hydrogen (secondary N) is 2. The van der Waals surface area contributed by atoms with Crippen molar-refractivity contribution in [2.24, 2.45) is 0 Å². The second-order valence-electron chi connectivity index (χ2n) is 5.05. The Labute approximate surface area is 136 Å². The Morgan fingerprint density at radius 1 is 1.24 bits per heavy atom. The van der Waals surface area contributed by atoms with E-state index >= 15 is 0 Å². The van der Waals surface area contributed by atoms with Gasteiger partial charge in [-0.3, -0.25) is 0 Å². The molecule has 2 N–H and O–H groups in total. The monoisotopic (exact) mass is 398 g/mol. The van der Waals surface area contributed by atoms with Crippen LogP contribution in [-0.2, 0) is 0 Å². The van der Waals surface area contributed by atoms with Gasteiger partial charge >= 0.3 is 0 Å². The molecule has 6 heteroatoms. The molecule has 1 aliphatic carbocycles. The predicted octanol–water partition coefficient (Wildman–Crippen LogP) is 4.27. The van der Waals surface area contributed by atoms with Crippen LogP contribution >= 0.6 is 22.6 Å². The molecule has 0 atom stereocenters. The van der Waals surface area contributed by atoms with Gasteiger partial charge in [-0.25, -0.2) is 14.4 Å². The van der Waals surface area contributed by atoms with Crippen molar-refractivity contribution in [1.29, 1.82) is 0 Å². The van der Waals surface area contributed by atoms with E-state index in [0.717, 1.165) is 46.1 Å². The second-order valence-corrected chi connectivity index (χ2v) is 6.21. The molecule has 2 aromatic rings. The van der Waals surface area contributed by atoms with E-state index in [0.29, 0.717) is 5.92 Å². The summed E-state index contributed by atoms with van der Waals surface area (Å²) in [5.41, 5.74) is 0.847. The van der Waals surface area contributed by atoms with Gasteiger partial charge in [-0.05, 0) is 60.6 Å². The van der Waals surface area contributed by atoms with Crippen LogP contribution in [0.4, 0.5) is 21.7 Å². The van der Waals surface area contributed by atoms with Crippen molar-refractivity contribution in [3.8, 4) is 0 Å². The van der Waals surface area contributed by atoms with Gasteiger partial charge in [-0.2, -0.15) is 0 Å². The molecular weight excluding hydrogens is 382 g/mol. The van der Waals surface area contributed by atoms with Gasteiger partial charge in [0.15, 0.2) is 0 Å². The number of benzene rings is 1. The molecule has 1 aliphatic rings. The van der Waals surface area contributed by atoms with E-state index in [1.165, 1.54) is 12.1 Å². The minimum Gasteiger partial charge on any atom is -0.370 e. The van der Waals surface area contributed by atoms with E-state index in [2.05, 4.69) is 43.2 Å². The Bertz CT molecular complexity index is 658. The molecule has 21 heavy (non-hydrogen) atoms. The van der Waals surface area contributed by atoms with Gasteiger partial charge in [-0.1, -0.05) is 0 Å². The summed E-state index contributed by atoms with van der Waals surface area (Å²) in [5.74, 6) is 2.70. The molecule has 3 rings (SSSR count). The highest BCUT2D eigenvalue weighted by Crippen LogP contribution is 2.39. The van der Waals surface area contributed by atoms with Crippen LogP contribution in [0.2, 0.25) is 0 Å². The summed E-state index contributed by atoms with van der Waals surface area (Å²) < 4.78 is 14.0. The topological polar surface area (TPSA) is 49.8 Å². The summed E-state index contributed by atoms with van der Waals surface area (Å²) >= 11 is 2.11. The van der Waals surface area contributed by atoms with E-state index in [4.69, 9.17) is 0 Å². The van der Waals surface area contributed by atoms with E-state index in [1.54, 1.807) is 6.07 Å². The van der Waals surface area contributed by atoms with Gasteiger partial charge in [0.2, 0.25) is 0 Å². The lowest BCUT2D eigenvalue weighted by molar-refractivity contribution is 0.627. The van der Waals surface area contributed by atoms with Gasteiger partial charge in [0.1, 0.15) is 23.3 Å². The van der Waals surface area contributed by atoms with Crippen molar-refractivity contribution in [2.75, 3.05) is 17.2 Å². The second kappa shape index (κ2) is 6.13. The average Bonchev–Trinajstić information content (AvgIpc) is 3.27. The van der Waals surface area contributed by atoms with Crippen molar-refractivity contribution in [2.45, 2.75) is 25.7 Å². The fourth-order valence-electron chi connectivity index (χ4n) is 2.05. The summed E-state index contributed by atoms with van der Waals surface area (Å²) in [6.07, 6.45) is 2.31. The van der Waals surface area contributed by atoms with Crippen molar-refractivity contribution in [1.82, 2.24) is 9.97 Å². The molecule has 0 bridgehead atoms. The minimum atomic E-state index is -0.236. The summed E-state index contributed by atoms with van der Waals surface area (Å²) in [6, 6.07) is 6.55. The highest BCUT2D eigenvalue weighted by atomic mass is 127. The van der Waals surface area contributed by atoms with Crippen molar-refractivity contribution < 1.29 is 4.39 Å². The number of hydrogen-bond acceptors (Lipinski definition) is 4. The van der Waals surface area contributed by atoms with Crippen LogP contribution in [0, 0.1) is 9.39 Å². The zero-order valence-corrected chi connectivity index (χ0v) is 13.8. The first-order valence-electron chi connectivity index (χ1n) is 7.00. The quantitative estimate of drug-likeness (QED) is 0.739. The SMILES string of the molecule is CCNc1cc(Nc2ccc(F)cc2I)nc(C2CC2)n1. The summed E-state index contributed by atoms with van der Waals surface area (Å²) in [6.45, 7) is 2.85. The molecule has 0 radical (unpaired) electrons. The van der Waals surface area contributed by atoms with E-state index in [-0.39, 0.29) is 5.82 Å². The maximum atomic E-state index is 13.2. The molecule has 1 fully saturated rings. The number of rotatable bonds is 5. The van der Waals surface area contributed by atoms with Crippen LogP contribution in [-0.4, -0.2) is 16.5 Å². The Morgan fingerprint density at radius 2 is 2.00 bits per heavy atom. The molecule has 1 saturated carbocycles. The molecule has 1 aromatic heterocycles. The Kier molecular flexibility index (Phi) is 4.23. The maximum Gasteiger partial charge on any atom is 0.136 e. The molecule has 0 saturated heterocycles. The first-order chi connectivity index (χ1) is 10.2. The van der Waals surface area contributed by atoms with Crippen molar-refractivity contribution in [3.63, 3.8) is 0 Å². The van der Waals surface area contributed by atoms with Crippen LogP contribution in [0.25, 0.3) is 0 Å². The lowest BCUT2D eigenvalue weighted by Gasteiger charge is -2.11. The smallest absolute Gasteiger partial charge is 0.136 e. The molecule has 0 aliphatic heterocycles. The fourth-order valence-corrected chi connectivity index (χ4v) is 2.67. The van der Waals surface area contributed by atoms with Crippen molar-refractivity contribution >= 4 is 39.9 Å². The lowest BCUT2D eigenvalue weighted by Crippen LogP contribution is -2.06. The third kappa shape index (κ3) is 3.61. The summed E-state index contributed by atoms with van der Waals surface area (Å²) in [5, 5.41) is 6.48. The summed E-state index contributed by atoms with van der Waals surface area (Å²) in [7, 11) is 0. The van der Waals surface area contributed by atoms with E-state index < -0.39 is 0 Å². The van der Waals surface area contributed by atoms with Crippen LogP contribution in [0.5, 0.6) is 0 Å². The first kappa shape index (κ1) is 14.5. The Balaban J connectivity index is 1.89. The predicted molar refractivity (Wildman–Crippen MR) is 90.6 cm³/mol. The molecule has 0 unspecified atom stereocenters. The third-order valence-corrected chi connectivity index (χ3v) is 4.13. The van der Waals surface area contributed by atoms with Gasteiger partial charge in [0.25, 0.3) is 0 Å². The lowest BCUT2D eigenvalue weighted by atomic mass is 10.3. The Hall–Kier alpha value is -1.44. The molecule has 1 heterocycles. The maximum absolute atomic E-state index is 13.2. The van der Waals surface area contributed by atoms with Gasteiger partial charge in [0, 0.05) is 22.1 Å². The van der Waals surface area contributed by atoms with E-state index in [1.807, 2.05) is 13.0 Å². The Morgan fingerprint density at radius 3 is 2.67 bits per heavy atom. The molecule has 1 aromatic carbocycles. The summed E-state index contributed by atoms with van der Waals surface area (Å²) in [4.78, 5) is 9.12. The largest absolute Gasteiger partial charge is 0.370 e. The van der Waals surface area contributed by atoms with Crippen molar-refractivity contribution in [3.05, 3.63) is 39.5 Å². The molecule has 110 valence electrons. The van der Waals surface area contributed by atoms with Crippen LogP contribution in [0.15, 0.2) is 24.3 Å². The van der Waals surface area contributed by atoms with Gasteiger partial charge in [0.05, 0.1) is 5.69 Å². The molecular formula is C15H16FIN4. The first-order valence-corrected chi connectivity index (χ1v) is 8.08. The van der Waals surface area contributed by atoms with Crippen LogP contribution in [0.3, 0.4) is 0 Å². The number of nitrogens with zero attached hydrogens (tertiary/aromatic N) is 2. The number of aromatic nitrogens is 2. The average molecular weight is 398 g/mol. The third-order valence-electron chi connectivity index (χ3n) is 3.24. The number of hydrogen-bond donors (Lipinski definition) is 2. The zero-order valence-electron chi connectivity index (χ0n) is 11.7. The van der Waals surface area contributed by atoms with Crippen LogP contribution in [0.1, 0.15) is 31.5 Å². The highest BCUT2D eigenvalue weighted by molar-refractivity contribution is 14.1.